The molecule has 126 valence electrons. The summed E-state index contributed by atoms with van der Waals surface area (Å²) in [6.45, 7) is 2.41. The third kappa shape index (κ3) is 5.72. The average Bonchev–Trinajstić information content (AvgIpc) is 3.05. The highest BCUT2D eigenvalue weighted by molar-refractivity contribution is 7.09. The molecule has 0 spiro atoms. The van der Waals surface area contributed by atoms with E-state index in [0.717, 1.165) is 19.3 Å². The topological polar surface area (TPSA) is 94.3 Å². The summed E-state index contributed by atoms with van der Waals surface area (Å²) in [6, 6.07) is 0.140. The number of hydrogen-bond acceptors (Lipinski definition) is 6. The van der Waals surface area contributed by atoms with Crippen molar-refractivity contribution in [3.05, 3.63) is 16.1 Å². The number of esters is 1. The molecule has 1 fully saturated rings. The number of carbonyl (C=O) groups is 2. The largest absolute Gasteiger partial charge is 0.461 e. The summed E-state index contributed by atoms with van der Waals surface area (Å²) in [5, 5.41) is 5.19. The van der Waals surface area contributed by atoms with Gasteiger partial charge in [0.1, 0.15) is 5.01 Å². The number of amides is 1. The Labute approximate surface area is 146 Å². The second kappa shape index (κ2) is 9.99. The van der Waals surface area contributed by atoms with Crippen LogP contribution in [0, 0.1) is 5.92 Å². The molecular formula is C13H21Cl2N3O3S. The predicted octanol–water partition coefficient (Wildman–Crippen LogP) is 1.91. The van der Waals surface area contributed by atoms with E-state index in [2.05, 4.69) is 10.3 Å². The molecule has 2 rings (SSSR count). The van der Waals surface area contributed by atoms with Crippen molar-refractivity contribution in [2.24, 2.45) is 11.7 Å². The Bertz CT molecular complexity index is 499. The highest BCUT2D eigenvalue weighted by Gasteiger charge is 2.27. The quantitative estimate of drug-likeness (QED) is 0.772. The maximum atomic E-state index is 11.9. The van der Waals surface area contributed by atoms with Crippen LogP contribution >= 0.6 is 36.2 Å². The second-order valence-corrected chi connectivity index (χ2v) is 5.78. The molecule has 6 nitrogen and oxygen atoms in total. The Hall–Kier alpha value is -0.890. The lowest BCUT2D eigenvalue weighted by atomic mass is 10.1. The Morgan fingerprint density at radius 2 is 2.18 bits per heavy atom. The molecule has 9 heteroatoms. The van der Waals surface area contributed by atoms with E-state index in [0.29, 0.717) is 23.9 Å². The molecule has 1 aliphatic carbocycles. The van der Waals surface area contributed by atoms with Crippen molar-refractivity contribution in [1.82, 2.24) is 10.3 Å². The van der Waals surface area contributed by atoms with Crippen molar-refractivity contribution < 1.29 is 14.3 Å². The fourth-order valence-electron chi connectivity index (χ4n) is 2.25. The molecule has 0 aliphatic heterocycles. The van der Waals surface area contributed by atoms with Gasteiger partial charge in [0, 0.05) is 17.3 Å². The summed E-state index contributed by atoms with van der Waals surface area (Å²) in [5.41, 5.74) is 6.09. The van der Waals surface area contributed by atoms with Crippen LogP contribution in [0.4, 0.5) is 0 Å². The molecule has 1 aliphatic rings. The molecule has 2 unspecified atom stereocenters. The zero-order chi connectivity index (χ0) is 14.5. The van der Waals surface area contributed by atoms with Gasteiger partial charge in [-0.15, -0.1) is 36.2 Å². The van der Waals surface area contributed by atoms with Crippen LogP contribution < -0.4 is 11.1 Å². The minimum Gasteiger partial charge on any atom is -0.461 e. The van der Waals surface area contributed by atoms with E-state index in [4.69, 9.17) is 10.5 Å². The summed E-state index contributed by atoms with van der Waals surface area (Å²) < 4.78 is 4.86. The zero-order valence-corrected chi connectivity index (χ0v) is 14.7. The van der Waals surface area contributed by atoms with Gasteiger partial charge in [0.05, 0.1) is 13.2 Å². The smallest absolute Gasteiger partial charge is 0.357 e. The van der Waals surface area contributed by atoms with E-state index < -0.39 is 5.97 Å². The van der Waals surface area contributed by atoms with Crippen molar-refractivity contribution in [2.75, 3.05) is 6.61 Å². The highest BCUT2D eigenvalue weighted by Crippen LogP contribution is 2.24. The molecule has 22 heavy (non-hydrogen) atoms. The SMILES string of the molecule is CCOC(=O)c1csc(CNC(=O)C2CCC(N)C2)n1.Cl.Cl. The van der Waals surface area contributed by atoms with Crippen LogP contribution in [0.3, 0.4) is 0 Å². The summed E-state index contributed by atoms with van der Waals surface area (Å²) in [4.78, 5) is 27.5. The number of thiazole rings is 1. The maximum absolute atomic E-state index is 11.9. The van der Waals surface area contributed by atoms with Crippen molar-refractivity contribution >= 4 is 48.0 Å². The Kier molecular flexibility index (Phi) is 9.59. The predicted molar refractivity (Wildman–Crippen MR) is 89.7 cm³/mol. The minimum absolute atomic E-state index is 0. The monoisotopic (exact) mass is 369 g/mol. The summed E-state index contributed by atoms with van der Waals surface area (Å²) in [6.07, 6.45) is 2.50. The first-order valence-electron chi connectivity index (χ1n) is 6.75. The first-order chi connectivity index (χ1) is 9.60. The van der Waals surface area contributed by atoms with Crippen LogP contribution in [0.25, 0.3) is 0 Å². The number of aromatic nitrogens is 1. The Morgan fingerprint density at radius 3 is 2.77 bits per heavy atom. The third-order valence-electron chi connectivity index (χ3n) is 3.29. The fourth-order valence-corrected chi connectivity index (χ4v) is 2.96. The van der Waals surface area contributed by atoms with Crippen molar-refractivity contribution in [3.8, 4) is 0 Å². The molecule has 0 aromatic carbocycles. The molecule has 0 saturated heterocycles. The number of ether oxygens (including phenoxy) is 1. The van der Waals surface area contributed by atoms with E-state index in [1.807, 2.05) is 0 Å². The van der Waals surface area contributed by atoms with Crippen LogP contribution in [0.1, 0.15) is 41.7 Å². The van der Waals surface area contributed by atoms with Crippen molar-refractivity contribution in [3.63, 3.8) is 0 Å². The van der Waals surface area contributed by atoms with Crippen molar-refractivity contribution in [1.29, 1.82) is 0 Å². The van der Waals surface area contributed by atoms with Crippen LogP contribution in [0.2, 0.25) is 0 Å². The van der Waals surface area contributed by atoms with Gasteiger partial charge in [-0.25, -0.2) is 9.78 Å². The highest BCUT2D eigenvalue weighted by atomic mass is 35.5. The minimum atomic E-state index is -0.428. The number of carbonyl (C=O) groups excluding carboxylic acids is 2. The Morgan fingerprint density at radius 1 is 1.45 bits per heavy atom. The molecule has 3 N–H and O–H groups in total. The lowest BCUT2D eigenvalue weighted by Gasteiger charge is -2.09. The molecule has 1 amide bonds. The first kappa shape index (κ1) is 21.1. The Balaban J connectivity index is 0.00000220. The second-order valence-electron chi connectivity index (χ2n) is 4.83. The first-order valence-corrected chi connectivity index (χ1v) is 7.63. The molecule has 0 radical (unpaired) electrons. The van der Waals surface area contributed by atoms with Crippen LogP contribution in [-0.2, 0) is 16.1 Å². The van der Waals surface area contributed by atoms with Crippen LogP contribution in [-0.4, -0.2) is 29.5 Å². The average molecular weight is 370 g/mol. The van der Waals surface area contributed by atoms with Gasteiger partial charge in [-0.3, -0.25) is 4.79 Å². The summed E-state index contributed by atoms with van der Waals surface area (Å²) in [7, 11) is 0. The molecule has 0 bridgehead atoms. The molecule has 2 atom stereocenters. The molecular weight excluding hydrogens is 349 g/mol. The lowest BCUT2D eigenvalue weighted by Crippen LogP contribution is -2.30. The van der Waals surface area contributed by atoms with Crippen LogP contribution in [0.15, 0.2) is 5.38 Å². The molecule has 1 aromatic rings. The maximum Gasteiger partial charge on any atom is 0.357 e. The lowest BCUT2D eigenvalue weighted by molar-refractivity contribution is -0.125. The third-order valence-corrected chi connectivity index (χ3v) is 4.14. The zero-order valence-electron chi connectivity index (χ0n) is 12.2. The van der Waals surface area contributed by atoms with Gasteiger partial charge < -0.3 is 15.8 Å². The number of nitrogens with one attached hydrogen (secondary N) is 1. The van der Waals surface area contributed by atoms with Gasteiger partial charge in [-0.05, 0) is 26.2 Å². The van der Waals surface area contributed by atoms with E-state index in [9.17, 15) is 9.59 Å². The van der Waals surface area contributed by atoms with Gasteiger partial charge in [-0.1, -0.05) is 0 Å². The number of hydrogen-bond donors (Lipinski definition) is 2. The number of nitrogens with two attached hydrogens (primary N) is 1. The summed E-state index contributed by atoms with van der Waals surface area (Å²) >= 11 is 1.34. The molecule has 1 aromatic heterocycles. The molecule has 1 heterocycles. The normalized spacial score (nSPS) is 19.7. The number of nitrogens with zero attached hydrogens (tertiary/aromatic N) is 1. The van der Waals surface area contributed by atoms with E-state index in [1.54, 1.807) is 12.3 Å². The fraction of sp³-hybridized carbons (Fsp3) is 0.615. The van der Waals surface area contributed by atoms with Crippen molar-refractivity contribution in [2.45, 2.75) is 38.8 Å². The van der Waals surface area contributed by atoms with E-state index >= 15 is 0 Å². The van der Waals surface area contributed by atoms with E-state index in [-0.39, 0.29) is 42.7 Å². The standard InChI is InChI=1S/C13H19N3O3S.2ClH/c1-2-19-13(18)10-7-20-11(16-10)6-15-12(17)8-3-4-9(14)5-8;;/h7-9H,2-6,14H2,1H3,(H,15,17);2*1H. The van der Waals surface area contributed by atoms with Gasteiger partial charge >= 0.3 is 5.97 Å². The summed E-state index contributed by atoms with van der Waals surface area (Å²) in [5.74, 6) is -0.400. The molecule has 1 saturated carbocycles. The van der Waals surface area contributed by atoms with Gasteiger partial charge in [0.15, 0.2) is 5.69 Å². The van der Waals surface area contributed by atoms with Gasteiger partial charge in [0.25, 0.3) is 0 Å². The van der Waals surface area contributed by atoms with Gasteiger partial charge in [-0.2, -0.15) is 0 Å². The number of rotatable bonds is 5. The number of halogens is 2. The van der Waals surface area contributed by atoms with Gasteiger partial charge in [0.2, 0.25) is 5.91 Å². The van der Waals surface area contributed by atoms with E-state index in [1.165, 1.54) is 11.3 Å². The van der Waals surface area contributed by atoms with Crippen LogP contribution in [0.5, 0.6) is 0 Å².